The zero-order valence-corrected chi connectivity index (χ0v) is 16.5. The van der Waals surface area contributed by atoms with Crippen molar-refractivity contribution >= 4 is 12.2 Å². The zero-order chi connectivity index (χ0) is 21.2. The first-order valence-corrected chi connectivity index (χ1v) is 10.00. The highest BCUT2D eigenvalue weighted by molar-refractivity contribution is 5.67. The molecule has 0 saturated heterocycles. The van der Waals surface area contributed by atoms with Crippen molar-refractivity contribution in [2.24, 2.45) is 0 Å². The number of halogens is 2. The zero-order valence-electron chi connectivity index (χ0n) is 16.5. The summed E-state index contributed by atoms with van der Waals surface area (Å²) in [5.74, 6) is -0.0755. The number of hydrogen-bond acceptors (Lipinski definition) is 4. The second-order valence-corrected chi connectivity index (χ2v) is 7.41. The van der Waals surface area contributed by atoms with Crippen molar-refractivity contribution in [1.29, 1.82) is 0 Å². The van der Waals surface area contributed by atoms with Crippen LogP contribution in [-0.2, 0) is 0 Å². The van der Waals surface area contributed by atoms with Gasteiger partial charge >= 0.3 is 0 Å². The van der Waals surface area contributed by atoms with Crippen LogP contribution in [0, 0.1) is 11.6 Å². The summed E-state index contributed by atoms with van der Waals surface area (Å²) >= 11 is 0. The van der Waals surface area contributed by atoms with Gasteiger partial charge in [-0.2, -0.15) is 4.98 Å². The summed E-state index contributed by atoms with van der Waals surface area (Å²) in [6, 6.07) is 18.5. The molecular weight excluding hydrogens is 398 g/mol. The van der Waals surface area contributed by atoms with Gasteiger partial charge in [-0.15, -0.1) is 0 Å². The molecular formula is C25H18F2N2O2. The molecule has 0 N–H and O–H groups in total. The Bertz CT molecular complexity index is 1240. The van der Waals surface area contributed by atoms with Crippen LogP contribution in [0.3, 0.4) is 0 Å². The van der Waals surface area contributed by atoms with Crippen molar-refractivity contribution in [3.05, 3.63) is 95.4 Å². The van der Waals surface area contributed by atoms with Gasteiger partial charge in [0, 0.05) is 11.6 Å². The fourth-order valence-electron chi connectivity index (χ4n) is 3.25. The standard InChI is InChI=1S/C25H18F2N2O2/c26-20-3-1-2-4-22(20)30-23-13-12-19(15-21(23)27)25-28-24(31-29-25)14-7-16-5-8-17(9-6-16)18-10-11-18/h1-9,12-15,18H,10-11H2/b14-7+. The highest BCUT2D eigenvalue weighted by Gasteiger charge is 2.22. The summed E-state index contributed by atoms with van der Waals surface area (Å²) in [5, 5.41) is 3.91. The van der Waals surface area contributed by atoms with Crippen LogP contribution in [0.1, 0.15) is 35.8 Å². The number of benzene rings is 3. The third kappa shape index (κ3) is 4.38. The molecule has 1 fully saturated rings. The van der Waals surface area contributed by atoms with Crippen LogP contribution in [0.4, 0.5) is 8.78 Å². The van der Waals surface area contributed by atoms with Crippen molar-refractivity contribution in [2.45, 2.75) is 18.8 Å². The van der Waals surface area contributed by atoms with Gasteiger partial charge in [0.25, 0.3) is 5.89 Å². The lowest BCUT2D eigenvalue weighted by Gasteiger charge is -2.08. The summed E-state index contributed by atoms with van der Waals surface area (Å²) in [4.78, 5) is 4.29. The second-order valence-electron chi connectivity index (χ2n) is 7.41. The molecule has 1 aliphatic carbocycles. The van der Waals surface area contributed by atoms with Gasteiger partial charge in [-0.3, -0.25) is 0 Å². The normalized spacial score (nSPS) is 13.6. The molecule has 0 atom stereocenters. The molecule has 0 unspecified atom stereocenters. The third-order valence-electron chi connectivity index (χ3n) is 5.09. The molecule has 1 aliphatic rings. The van der Waals surface area contributed by atoms with Crippen LogP contribution in [0.15, 0.2) is 71.3 Å². The molecule has 5 rings (SSSR count). The maximum atomic E-state index is 14.5. The SMILES string of the molecule is Fc1ccccc1Oc1ccc(-c2noc(/C=C/c3ccc(C4CC4)cc3)n2)cc1F. The Hall–Kier alpha value is -3.80. The lowest BCUT2D eigenvalue weighted by molar-refractivity contribution is 0.410. The number of para-hydroxylation sites is 1. The molecule has 1 aromatic heterocycles. The Labute approximate surface area is 177 Å². The minimum Gasteiger partial charge on any atom is -0.451 e. The number of aromatic nitrogens is 2. The molecule has 0 aliphatic heterocycles. The van der Waals surface area contributed by atoms with Crippen molar-refractivity contribution in [3.63, 3.8) is 0 Å². The van der Waals surface area contributed by atoms with Gasteiger partial charge in [-0.1, -0.05) is 41.6 Å². The molecule has 3 aromatic carbocycles. The van der Waals surface area contributed by atoms with E-state index >= 15 is 0 Å². The molecule has 1 saturated carbocycles. The van der Waals surface area contributed by atoms with Gasteiger partial charge in [0.05, 0.1) is 0 Å². The monoisotopic (exact) mass is 416 g/mol. The van der Waals surface area contributed by atoms with Crippen LogP contribution in [-0.4, -0.2) is 10.1 Å². The van der Waals surface area contributed by atoms with Crippen LogP contribution in [0.25, 0.3) is 23.5 Å². The molecule has 4 nitrogen and oxygen atoms in total. The van der Waals surface area contributed by atoms with Gasteiger partial charge in [0.1, 0.15) is 0 Å². The molecule has 6 heteroatoms. The Kier molecular flexibility index (Phi) is 5.04. The minimum absolute atomic E-state index is 0.0497. The van der Waals surface area contributed by atoms with E-state index in [0.29, 0.717) is 11.5 Å². The average molecular weight is 416 g/mol. The van der Waals surface area contributed by atoms with Crippen molar-refractivity contribution in [3.8, 4) is 22.9 Å². The second kappa shape index (κ2) is 8.14. The predicted octanol–water partition coefficient (Wildman–Crippen LogP) is 6.85. The first-order chi connectivity index (χ1) is 15.2. The van der Waals surface area contributed by atoms with E-state index in [1.807, 2.05) is 6.08 Å². The van der Waals surface area contributed by atoms with E-state index in [1.54, 1.807) is 18.2 Å². The number of ether oxygens (including phenoxy) is 1. The highest BCUT2D eigenvalue weighted by atomic mass is 19.1. The first kappa shape index (κ1) is 19.2. The van der Waals surface area contributed by atoms with Crippen molar-refractivity contribution < 1.29 is 18.0 Å². The van der Waals surface area contributed by atoms with Crippen LogP contribution in [0.2, 0.25) is 0 Å². The fraction of sp³-hybridized carbons (Fsp3) is 0.120. The summed E-state index contributed by atoms with van der Waals surface area (Å²) in [6.07, 6.45) is 6.15. The molecule has 0 radical (unpaired) electrons. The fourth-order valence-corrected chi connectivity index (χ4v) is 3.25. The van der Waals surface area contributed by atoms with Crippen LogP contribution < -0.4 is 4.74 Å². The van der Waals surface area contributed by atoms with E-state index in [9.17, 15) is 8.78 Å². The smallest absolute Gasteiger partial charge is 0.250 e. The molecule has 31 heavy (non-hydrogen) atoms. The molecule has 1 heterocycles. The summed E-state index contributed by atoms with van der Waals surface area (Å²) in [5.41, 5.74) is 2.84. The van der Waals surface area contributed by atoms with E-state index < -0.39 is 11.6 Å². The number of rotatable bonds is 6. The summed E-state index contributed by atoms with van der Waals surface area (Å²) in [6.45, 7) is 0. The molecule has 0 amide bonds. The lowest BCUT2D eigenvalue weighted by atomic mass is 10.1. The summed E-state index contributed by atoms with van der Waals surface area (Å²) in [7, 11) is 0. The van der Waals surface area contributed by atoms with E-state index in [2.05, 4.69) is 34.4 Å². The Morgan fingerprint density at radius 3 is 2.39 bits per heavy atom. The molecule has 0 spiro atoms. The quantitative estimate of drug-likeness (QED) is 0.345. The lowest BCUT2D eigenvalue weighted by Crippen LogP contribution is -1.92. The van der Waals surface area contributed by atoms with Crippen molar-refractivity contribution in [2.75, 3.05) is 0 Å². The topological polar surface area (TPSA) is 48.2 Å². The van der Waals surface area contributed by atoms with Crippen molar-refractivity contribution in [1.82, 2.24) is 10.1 Å². The number of hydrogen-bond donors (Lipinski definition) is 0. The minimum atomic E-state index is -0.654. The summed E-state index contributed by atoms with van der Waals surface area (Å²) < 4.78 is 38.8. The van der Waals surface area contributed by atoms with Crippen LogP contribution in [0.5, 0.6) is 11.5 Å². The van der Waals surface area contributed by atoms with Gasteiger partial charge in [0.2, 0.25) is 5.82 Å². The van der Waals surface area contributed by atoms with Gasteiger partial charge in [0.15, 0.2) is 23.1 Å². The predicted molar refractivity (Wildman–Crippen MR) is 114 cm³/mol. The molecule has 0 bridgehead atoms. The van der Waals surface area contributed by atoms with Gasteiger partial charge in [-0.25, -0.2) is 8.78 Å². The Balaban J connectivity index is 1.29. The molecule has 4 aromatic rings. The third-order valence-corrected chi connectivity index (χ3v) is 5.09. The van der Waals surface area contributed by atoms with Gasteiger partial charge < -0.3 is 9.26 Å². The maximum absolute atomic E-state index is 14.5. The Morgan fingerprint density at radius 1 is 0.871 bits per heavy atom. The van der Waals surface area contributed by atoms with E-state index in [0.717, 1.165) is 11.5 Å². The maximum Gasteiger partial charge on any atom is 0.250 e. The van der Waals surface area contributed by atoms with E-state index in [1.165, 1.54) is 48.7 Å². The molecule has 154 valence electrons. The van der Waals surface area contributed by atoms with Crippen LogP contribution >= 0.6 is 0 Å². The Morgan fingerprint density at radius 2 is 1.65 bits per heavy atom. The highest BCUT2D eigenvalue weighted by Crippen LogP contribution is 2.40. The first-order valence-electron chi connectivity index (χ1n) is 10.00. The average Bonchev–Trinajstić information content (AvgIpc) is 3.53. The number of nitrogens with zero attached hydrogens (tertiary/aromatic N) is 2. The van der Waals surface area contributed by atoms with E-state index in [-0.39, 0.29) is 17.3 Å². The van der Waals surface area contributed by atoms with E-state index in [4.69, 9.17) is 9.26 Å². The van der Waals surface area contributed by atoms with Gasteiger partial charge in [-0.05, 0) is 66.3 Å². The largest absolute Gasteiger partial charge is 0.451 e.